The molecule has 0 saturated carbocycles. The van der Waals surface area contributed by atoms with Gasteiger partial charge in [-0.05, 0) is 70.4 Å². The van der Waals surface area contributed by atoms with Gasteiger partial charge in [0.25, 0.3) is 0 Å². The van der Waals surface area contributed by atoms with Crippen LogP contribution < -0.4 is 0 Å². The van der Waals surface area contributed by atoms with E-state index in [9.17, 15) is 0 Å². The molecule has 0 fully saturated rings. The average Bonchev–Trinajstić information content (AvgIpc) is 3.85. The van der Waals surface area contributed by atoms with Gasteiger partial charge in [0, 0.05) is 49.6 Å². The van der Waals surface area contributed by atoms with Crippen LogP contribution in [0.3, 0.4) is 0 Å². The Labute approximate surface area is 346 Å². The molecule has 12 aromatic rings. The van der Waals surface area contributed by atoms with Crippen LogP contribution in [0.25, 0.3) is 111 Å². The maximum atomic E-state index is 5.15. The van der Waals surface area contributed by atoms with Crippen molar-refractivity contribution >= 4 is 54.4 Å². The first-order chi connectivity index (χ1) is 29.8. The number of aromatic nitrogens is 5. The Morgan fingerprint density at radius 3 is 1.40 bits per heavy atom. The van der Waals surface area contributed by atoms with E-state index in [1.165, 1.54) is 49.2 Å². The number of rotatable bonds is 6. The lowest BCUT2D eigenvalue weighted by Gasteiger charge is -2.13. The highest BCUT2D eigenvalue weighted by Crippen LogP contribution is 2.43. The van der Waals surface area contributed by atoms with Crippen molar-refractivity contribution in [3.05, 3.63) is 212 Å². The van der Waals surface area contributed by atoms with E-state index in [-0.39, 0.29) is 0 Å². The van der Waals surface area contributed by atoms with Crippen LogP contribution in [0.4, 0.5) is 0 Å². The zero-order valence-corrected chi connectivity index (χ0v) is 32.4. The maximum Gasteiger partial charge on any atom is 0.164 e. The molecule has 0 aliphatic heterocycles. The third kappa shape index (κ3) is 5.44. The summed E-state index contributed by atoms with van der Waals surface area (Å²) in [4.78, 5) is 15.3. The minimum absolute atomic E-state index is 0.636. The van der Waals surface area contributed by atoms with Gasteiger partial charge in [0.2, 0.25) is 0 Å². The monoisotopic (exact) mass is 765 g/mol. The second-order valence-electron chi connectivity index (χ2n) is 15.2. The number of para-hydroxylation sites is 3. The molecule has 9 aromatic carbocycles. The van der Waals surface area contributed by atoms with Gasteiger partial charge >= 0.3 is 0 Å². The standard InChI is InChI=1S/C55H35N5/c1-4-15-36(16-5-1)37-27-29-39(30-28-37)54-56-53(38-17-6-2-7-18-38)57-55(58-54)44-24-14-19-40-35-42(31-32-43(40)44)60-48-26-13-11-23-46(48)52-50(60)34-33-49-51(52)45-22-10-12-25-47(45)59(49)41-20-8-3-9-21-41/h1-35H. The van der Waals surface area contributed by atoms with Crippen molar-refractivity contribution in [2.45, 2.75) is 0 Å². The summed E-state index contributed by atoms with van der Waals surface area (Å²) in [6.07, 6.45) is 0. The van der Waals surface area contributed by atoms with E-state index in [4.69, 9.17) is 15.0 Å². The molecule has 60 heavy (non-hydrogen) atoms. The smallest absolute Gasteiger partial charge is 0.164 e. The first-order valence-electron chi connectivity index (χ1n) is 20.3. The van der Waals surface area contributed by atoms with Gasteiger partial charge in [-0.15, -0.1) is 0 Å². The van der Waals surface area contributed by atoms with Crippen molar-refractivity contribution in [2.75, 3.05) is 0 Å². The normalized spacial score (nSPS) is 11.7. The van der Waals surface area contributed by atoms with E-state index < -0.39 is 0 Å². The van der Waals surface area contributed by atoms with Gasteiger partial charge in [0.05, 0.1) is 22.1 Å². The van der Waals surface area contributed by atoms with Crippen molar-refractivity contribution < 1.29 is 0 Å². The van der Waals surface area contributed by atoms with Crippen molar-refractivity contribution in [1.82, 2.24) is 24.1 Å². The Morgan fingerprint density at radius 1 is 0.283 bits per heavy atom. The Bertz CT molecular complexity index is 3570. The average molecular weight is 766 g/mol. The van der Waals surface area contributed by atoms with Gasteiger partial charge in [-0.3, -0.25) is 0 Å². The molecule has 0 radical (unpaired) electrons. The lowest BCUT2D eigenvalue weighted by atomic mass is 10.0. The topological polar surface area (TPSA) is 48.5 Å². The van der Waals surface area contributed by atoms with Crippen molar-refractivity contribution in [1.29, 1.82) is 0 Å². The summed E-state index contributed by atoms with van der Waals surface area (Å²) >= 11 is 0. The SMILES string of the molecule is c1ccc(-c2ccc(-c3nc(-c4ccccc4)nc(-c4cccc5cc(-n6c7ccccc7c7c8c9ccccc9n(-c9ccccc9)c8ccc76)ccc45)n3)cc2)cc1. The molecular weight excluding hydrogens is 731 g/mol. The fourth-order valence-corrected chi connectivity index (χ4v) is 9.04. The van der Waals surface area contributed by atoms with Crippen LogP contribution in [0.5, 0.6) is 0 Å². The van der Waals surface area contributed by atoms with Crippen LogP contribution in [0, 0.1) is 0 Å². The quantitative estimate of drug-likeness (QED) is 0.169. The van der Waals surface area contributed by atoms with E-state index in [2.05, 4.69) is 197 Å². The molecule has 0 spiro atoms. The second-order valence-corrected chi connectivity index (χ2v) is 15.2. The Balaban J connectivity index is 1.03. The number of hydrogen-bond acceptors (Lipinski definition) is 3. The van der Waals surface area contributed by atoms with Gasteiger partial charge in [-0.25, -0.2) is 15.0 Å². The highest BCUT2D eigenvalue weighted by Gasteiger charge is 2.21. The van der Waals surface area contributed by atoms with E-state index >= 15 is 0 Å². The molecular formula is C55H35N5. The van der Waals surface area contributed by atoms with Crippen LogP contribution in [-0.4, -0.2) is 24.1 Å². The zero-order chi connectivity index (χ0) is 39.6. The Hall–Kier alpha value is -8.15. The molecule has 0 saturated heterocycles. The predicted octanol–water partition coefficient (Wildman–Crippen LogP) is 13.9. The predicted molar refractivity (Wildman–Crippen MR) is 248 cm³/mol. The molecule has 0 atom stereocenters. The third-order valence-corrected chi connectivity index (χ3v) is 11.8. The number of fused-ring (bicyclic) bond motifs is 8. The first kappa shape index (κ1) is 33.9. The van der Waals surface area contributed by atoms with Crippen LogP contribution in [0.1, 0.15) is 0 Å². The van der Waals surface area contributed by atoms with Crippen LogP contribution in [0.2, 0.25) is 0 Å². The molecule has 0 bridgehead atoms. The van der Waals surface area contributed by atoms with Crippen LogP contribution in [-0.2, 0) is 0 Å². The fourth-order valence-electron chi connectivity index (χ4n) is 9.04. The van der Waals surface area contributed by atoms with E-state index in [1.54, 1.807) is 0 Å². The lowest BCUT2D eigenvalue weighted by molar-refractivity contribution is 1.08. The maximum absolute atomic E-state index is 5.15. The summed E-state index contributed by atoms with van der Waals surface area (Å²) < 4.78 is 4.81. The van der Waals surface area contributed by atoms with Gasteiger partial charge in [0.15, 0.2) is 17.5 Å². The summed E-state index contributed by atoms with van der Waals surface area (Å²) in [5, 5.41) is 7.17. The van der Waals surface area contributed by atoms with Gasteiger partial charge in [-0.2, -0.15) is 0 Å². The number of hydrogen-bond donors (Lipinski definition) is 0. The molecule has 0 aliphatic rings. The van der Waals surface area contributed by atoms with E-state index in [1.807, 2.05) is 24.3 Å². The Kier molecular flexibility index (Phi) is 7.78. The molecule has 12 rings (SSSR count). The summed E-state index contributed by atoms with van der Waals surface area (Å²) in [5.41, 5.74) is 12.1. The zero-order valence-electron chi connectivity index (χ0n) is 32.4. The fraction of sp³-hybridized carbons (Fsp3) is 0. The van der Waals surface area contributed by atoms with Gasteiger partial charge in [0.1, 0.15) is 0 Å². The van der Waals surface area contributed by atoms with Gasteiger partial charge < -0.3 is 9.13 Å². The third-order valence-electron chi connectivity index (χ3n) is 11.8. The molecule has 0 unspecified atom stereocenters. The highest BCUT2D eigenvalue weighted by molar-refractivity contribution is 6.29. The molecule has 5 nitrogen and oxygen atoms in total. The highest BCUT2D eigenvalue weighted by atomic mass is 15.0. The molecule has 3 aromatic heterocycles. The molecule has 5 heteroatoms. The summed E-state index contributed by atoms with van der Waals surface area (Å²) in [7, 11) is 0. The van der Waals surface area contributed by atoms with Gasteiger partial charge in [-0.1, -0.05) is 164 Å². The van der Waals surface area contributed by atoms with Crippen molar-refractivity contribution in [3.8, 4) is 56.7 Å². The summed E-state index contributed by atoms with van der Waals surface area (Å²) in [6.45, 7) is 0. The molecule has 0 amide bonds. The molecule has 280 valence electrons. The molecule has 0 N–H and O–H groups in total. The molecule has 0 aliphatic carbocycles. The summed E-state index contributed by atoms with van der Waals surface area (Å²) in [6, 6.07) is 75.0. The minimum atomic E-state index is 0.636. The lowest BCUT2D eigenvalue weighted by Crippen LogP contribution is -2.01. The van der Waals surface area contributed by atoms with Crippen molar-refractivity contribution in [3.63, 3.8) is 0 Å². The summed E-state index contributed by atoms with van der Waals surface area (Å²) in [5.74, 6) is 1.91. The van der Waals surface area contributed by atoms with Crippen molar-refractivity contribution in [2.24, 2.45) is 0 Å². The number of nitrogens with zero attached hydrogens (tertiary/aromatic N) is 5. The second kappa shape index (κ2) is 13.8. The first-order valence-corrected chi connectivity index (χ1v) is 20.3. The number of benzene rings is 9. The largest absolute Gasteiger partial charge is 0.309 e. The van der Waals surface area contributed by atoms with E-state index in [0.29, 0.717) is 17.5 Å². The van der Waals surface area contributed by atoms with Crippen LogP contribution >= 0.6 is 0 Å². The van der Waals surface area contributed by atoms with Crippen LogP contribution in [0.15, 0.2) is 212 Å². The van der Waals surface area contributed by atoms with E-state index in [0.717, 1.165) is 44.4 Å². The Morgan fingerprint density at radius 2 is 0.767 bits per heavy atom. The minimum Gasteiger partial charge on any atom is -0.309 e. The molecule has 3 heterocycles.